The molecule has 3 N–H and O–H groups in total. The van der Waals surface area contributed by atoms with Crippen LogP contribution >= 0.6 is 0 Å². The van der Waals surface area contributed by atoms with Gasteiger partial charge >= 0.3 is 0 Å². The Morgan fingerprint density at radius 1 is 1.03 bits per heavy atom. The molecule has 1 aromatic carbocycles. The zero-order chi connectivity index (χ0) is 24.3. The first-order valence-corrected chi connectivity index (χ1v) is 12.8. The summed E-state index contributed by atoms with van der Waals surface area (Å²) in [4.78, 5) is 30.3. The van der Waals surface area contributed by atoms with Gasteiger partial charge in [-0.1, -0.05) is 12.1 Å². The summed E-state index contributed by atoms with van der Waals surface area (Å²) in [5.41, 5.74) is 5.98. The van der Waals surface area contributed by atoms with Crippen LogP contribution in [0.4, 0.5) is 15.9 Å². The summed E-state index contributed by atoms with van der Waals surface area (Å²) in [5, 5.41) is 2.84. The number of benzene rings is 1. The number of amides is 2. The first kappa shape index (κ1) is 24.1. The number of aromatic nitrogens is 1. The number of carbonyl (C=O) groups is 2. The lowest BCUT2D eigenvalue weighted by molar-refractivity contribution is -0.122. The van der Waals surface area contributed by atoms with E-state index in [4.69, 9.17) is 5.73 Å². The van der Waals surface area contributed by atoms with Gasteiger partial charge < -0.3 is 16.0 Å². The van der Waals surface area contributed by atoms with Crippen molar-refractivity contribution in [1.29, 1.82) is 0 Å². The summed E-state index contributed by atoms with van der Waals surface area (Å²) in [5.74, 6) is -1.12. The number of hydrogen-bond donors (Lipinski definition) is 2. The number of sulfonamides is 1. The fourth-order valence-electron chi connectivity index (χ4n) is 4.46. The van der Waals surface area contributed by atoms with Gasteiger partial charge in [0, 0.05) is 32.1 Å². The highest BCUT2D eigenvalue weighted by atomic mass is 32.2. The number of nitrogens with two attached hydrogens (primary N) is 1. The number of nitrogens with zero attached hydrogens (tertiary/aromatic N) is 3. The second kappa shape index (κ2) is 10.1. The van der Waals surface area contributed by atoms with Crippen LogP contribution in [-0.2, 0) is 19.6 Å². The third-order valence-corrected chi connectivity index (χ3v) is 8.37. The largest absolute Gasteiger partial charge is 0.369 e. The van der Waals surface area contributed by atoms with E-state index in [2.05, 4.69) is 10.3 Å². The highest BCUT2D eigenvalue weighted by Gasteiger charge is 2.33. The van der Waals surface area contributed by atoms with Crippen molar-refractivity contribution in [2.75, 3.05) is 36.4 Å². The van der Waals surface area contributed by atoms with Gasteiger partial charge in [0.05, 0.1) is 17.8 Å². The van der Waals surface area contributed by atoms with Gasteiger partial charge in [-0.3, -0.25) is 9.59 Å². The number of nitrogens with one attached hydrogen (secondary N) is 1. The Balaban J connectivity index is 1.32. The van der Waals surface area contributed by atoms with Gasteiger partial charge in [-0.25, -0.2) is 17.8 Å². The van der Waals surface area contributed by atoms with E-state index in [-0.39, 0.29) is 41.6 Å². The fourth-order valence-corrected chi connectivity index (χ4v) is 5.99. The highest BCUT2D eigenvalue weighted by molar-refractivity contribution is 7.89. The third kappa shape index (κ3) is 5.20. The molecule has 1 atom stereocenters. The van der Waals surface area contributed by atoms with Crippen molar-refractivity contribution in [2.45, 2.75) is 30.6 Å². The monoisotopic (exact) mass is 489 g/mol. The van der Waals surface area contributed by atoms with Crippen LogP contribution in [-0.4, -0.2) is 55.7 Å². The molecule has 3 heterocycles. The average Bonchev–Trinajstić information content (AvgIpc) is 2.85. The molecule has 34 heavy (non-hydrogen) atoms. The van der Waals surface area contributed by atoms with Crippen LogP contribution in [0.1, 0.15) is 25.7 Å². The Kier molecular flexibility index (Phi) is 7.13. The zero-order valence-electron chi connectivity index (χ0n) is 18.7. The molecule has 2 aliphatic rings. The molecule has 11 heteroatoms. The summed E-state index contributed by atoms with van der Waals surface area (Å²) in [6, 6.07) is 8.84. The Morgan fingerprint density at radius 3 is 2.41 bits per heavy atom. The number of primary amides is 1. The minimum Gasteiger partial charge on any atom is -0.369 e. The molecule has 4 rings (SSSR count). The second-order valence-electron chi connectivity index (χ2n) is 8.69. The van der Waals surface area contributed by atoms with Crippen molar-refractivity contribution in [3.63, 3.8) is 0 Å². The summed E-state index contributed by atoms with van der Waals surface area (Å²) in [6.45, 7) is 1.60. The Morgan fingerprint density at radius 2 is 1.76 bits per heavy atom. The van der Waals surface area contributed by atoms with Gasteiger partial charge in [0.25, 0.3) is 0 Å². The molecular formula is C23H28FN5O4S. The zero-order valence-corrected chi connectivity index (χ0v) is 19.5. The maximum absolute atomic E-state index is 14.0. The molecule has 1 unspecified atom stereocenters. The number of rotatable bonds is 6. The van der Waals surface area contributed by atoms with E-state index >= 15 is 0 Å². The van der Waals surface area contributed by atoms with Crippen LogP contribution < -0.4 is 16.0 Å². The van der Waals surface area contributed by atoms with Crippen LogP contribution in [0.5, 0.6) is 0 Å². The van der Waals surface area contributed by atoms with Crippen LogP contribution in [0.25, 0.3) is 0 Å². The number of halogens is 1. The molecule has 2 fully saturated rings. The molecule has 0 saturated carbocycles. The van der Waals surface area contributed by atoms with Gasteiger partial charge in [0.1, 0.15) is 16.5 Å². The molecule has 0 spiro atoms. The highest BCUT2D eigenvalue weighted by Crippen LogP contribution is 2.27. The predicted octanol–water partition coefficient (Wildman–Crippen LogP) is 1.96. The first-order chi connectivity index (χ1) is 16.3. The van der Waals surface area contributed by atoms with Crippen molar-refractivity contribution in [3.8, 4) is 0 Å². The van der Waals surface area contributed by atoms with Crippen LogP contribution in [0.3, 0.4) is 0 Å². The standard InChI is InChI=1S/C23H28FN5O4S/c24-19-5-1-2-6-20(19)34(32,33)29-12-9-16(10-13-29)23(31)27-18-7-8-21(26-14-18)28-11-3-4-17(15-28)22(25)30/h1-2,5-8,14,16-17H,3-4,9-13,15H2,(H2,25,30)(H,27,31). The molecule has 182 valence electrons. The molecule has 2 amide bonds. The molecule has 1 aromatic heterocycles. The lowest BCUT2D eigenvalue weighted by atomic mass is 9.97. The number of pyridine rings is 1. The van der Waals surface area contributed by atoms with Gasteiger partial charge in [0.15, 0.2) is 0 Å². The van der Waals surface area contributed by atoms with E-state index in [1.807, 2.05) is 4.90 Å². The maximum atomic E-state index is 14.0. The smallest absolute Gasteiger partial charge is 0.245 e. The minimum absolute atomic E-state index is 0.141. The third-order valence-electron chi connectivity index (χ3n) is 6.44. The lowest BCUT2D eigenvalue weighted by Gasteiger charge is -2.32. The Labute approximate surface area is 198 Å². The van der Waals surface area contributed by atoms with Gasteiger partial charge in [-0.2, -0.15) is 4.31 Å². The molecule has 2 saturated heterocycles. The van der Waals surface area contributed by atoms with Crippen molar-refractivity contribution in [1.82, 2.24) is 9.29 Å². The van der Waals surface area contributed by atoms with Gasteiger partial charge in [-0.05, 0) is 49.9 Å². The lowest BCUT2D eigenvalue weighted by Crippen LogP contribution is -2.41. The van der Waals surface area contributed by atoms with E-state index in [0.717, 1.165) is 31.3 Å². The van der Waals surface area contributed by atoms with Crippen molar-refractivity contribution < 1.29 is 22.4 Å². The molecule has 2 aromatic rings. The Bertz CT molecular complexity index is 1150. The molecule has 0 aliphatic carbocycles. The topological polar surface area (TPSA) is 126 Å². The quantitative estimate of drug-likeness (QED) is 0.639. The van der Waals surface area contributed by atoms with Crippen molar-refractivity contribution >= 4 is 33.3 Å². The maximum Gasteiger partial charge on any atom is 0.245 e. The number of hydrogen-bond acceptors (Lipinski definition) is 6. The summed E-state index contributed by atoms with van der Waals surface area (Å²) in [7, 11) is -3.94. The summed E-state index contributed by atoms with van der Waals surface area (Å²) < 4.78 is 40.7. The fraction of sp³-hybridized carbons (Fsp3) is 0.435. The first-order valence-electron chi connectivity index (χ1n) is 11.3. The van der Waals surface area contributed by atoms with Crippen LogP contribution in [0.2, 0.25) is 0 Å². The minimum atomic E-state index is -3.94. The summed E-state index contributed by atoms with van der Waals surface area (Å²) >= 11 is 0. The van der Waals surface area contributed by atoms with Crippen LogP contribution in [0.15, 0.2) is 47.5 Å². The van der Waals surface area contributed by atoms with E-state index < -0.39 is 15.8 Å². The number of carbonyl (C=O) groups excluding carboxylic acids is 2. The van der Waals surface area contributed by atoms with Crippen LogP contribution in [0, 0.1) is 17.7 Å². The predicted molar refractivity (Wildman–Crippen MR) is 125 cm³/mol. The average molecular weight is 490 g/mol. The van der Waals surface area contributed by atoms with Gasteiger partial charge in [0.2, 0.25) is 21.8 Å². The molecule has 0 radical (unpaired) electrons. The summed E-state index contributed by atoms with van der Waals surface area (Å²) in [6.07, 6.45) is 3.89. The number of anilines is 2. The second-order valence-corrected chi connectivity index (χ2v) is 10.6. The van der Waals surface area contributed by atoms with Crippen molar-refractivity contribution in [3.05, 3.63) is 48.4 Å². The normalized spacial score (nSPS) is 20.1. The van der Waals surface area contributed by atoms with E-state index in [9.17, 15) is 22.4 Å². The van der Waals surface area contributed by atoms with E-state index in [0.29, 0.717) is 25.1 Å². The molecule has 0 bridgehead atoms. The molecular weight excluding hydrogens is 461 g/mol. The number of piperidine rings is 2. The Hall–Kier alpha value is -3.05. The van der Waals surface area contributed by atoms with E-state index in [1.54, 1.807) is 18.3 Å². The SMILES string of the molecule is NC(=O)C1CCCN(c2ccc(NC(=O)C3CCN(S(=O)(=O)c4ccccc4F)CC3)cn2)C1. The van der Waals surface area contributed by atoms with Crippen molar-refractivity contribution in [2.24, 2.45) is 17.6 Å². The van der Waals surface area contributed by atoms with Gasteiger partial charge in [-0.15, -0.1) is 0 Å². The molecule has 9 nitrogen and oxygen atoms in total. The van der Waals surface area contributed by atoms with E-state index in [1.165, 1.54) is 22.5 Å². The molecule has 2 aliphatic heterocycles.